The summed E-state index contributed by atoms with van der Waals surface area (Å²) in [7, 11) is 1.77. The highest BCUT2D eigenvalue weighted by Gasteiger charge is 2.23. The van der Waals surface area contributed by atoms with E-state index in [0.717, 1.165) is 5.56 Å². The molecule has 1 heterocycles. The lowest BCUT2D eigenvalue weighted by atomic mass is 9.98. The maximum atomic E-state index is 13.7. The van der Waals surface area contributed by atoms with Gasteiger partial charge in [-0.3, -0.25) is 0 Å². The number of nitrogens with zero attached hydrogens (tertiary/aromatic N) is 1. The van der Waals surface area contributed by atoms with Crippen molar-refractivity contribution in [3.05, 3.63) is 40.5 Å². The predicted molar refractivity (Wildman–Crippen MR) is 54.1 cm³/mol. The fraction of sp³-hybridized carbons (Fsp3) is 0.364. The molecule has 1 aromatic carbocycles. The summed E-state index contributed by atoms with van der Waals surface area (Å²) in [6.45, 7) is 7.71. The topological polar surface area (TPSA) is 25.6 Å². The summed E-state index contributed by atoms with van der Waals surface area (Å²) in [5.41, 5.74) is 1.73. The standard InChI is InChI=1S/C11H11FN2O/c1-13-8-3-7-5-15-6-10(14-2)11(7)9(12)4-8/h3-4,10,14H,5-6H2,2H3/t10-/m1/s1. The number of hydrogen-bond donors (Lipinski definition) is 1. The number of likely N-dealkylation sites (N-methyl/N-ethyl adjacent to an activating group) is 1. The molecule has 0 aromatic heterocycles. The highest BCUT2D eigenvalue weighted by Crippen LogP contribution is 2.30. The molecule has 0 radical (unpaired) electrons. The van der Waals surface area contributed by atoms with Crippen molar-refractivity contribution in [3.8, 4) is 0 Å². The van der Waals surface area contributed by atoms with Crippen LogP contribution in [0.1, 0.15) is 17.2 Å². The second-order valence-electron chi connectivity index (χ2n) is 3.47. The molecule has 1 aromatic rings. The first-order chi connectivity index (χ1) is 7.26. The van der Waals surface area contributed by atoms with Crippen LogP contribution in [-0.2, 0) is 11.3 Å². The zero-order valence-corrected chi connectivity index (χ0v) is 8.38. The largest absolute Gasteiger partial charge is 0.375 e. The van der Waals surface area contributed by atoms with Crippen LogP contribution in [0.2, 0.25) is 0 Å². The van der Waals surface area contributed by atoms with E-state index >= 15 is 0 Å². The Morgan fingerprint density at radius 2 is 2.40 bits per heavy atom. The number of halogens is 1. The summed E-state index contributed by atoms with van der Waals surface area (Å²) >= 11 is 0. The minimum atomic E-state index is -0.318. The van der Waals surface area contributed by atoms with E-state index in [9.17, 15) is 4.39 Å². The van der Waals surface area contributed by atoms with Crippen LogP contribution in [-0.4, -0.2) is 13.7 Å². The lowest BCUT2D eigenvalue weighted by Crippen LogP contribution is -2.28. The molecule has 0 spiro atoms. The molecule has 1 aliphatic heterocycles. The summed E-state index contributed by atoms with van der Waals surface area (Å²) < 4.78 is 19.0. The second kappa shape index (κ2) is 3.97. The molecule has 3 nitrogen and oxygen atoms in total. The average Bonchev–Trinajstić information content (AvgIpc) is 2.27. The van der Waals surface area contributed by atoms with Crippen molar-refractivity contribution in [3.63, 3.8) is 0 Å². The first kappa shape index (κ1) is 10.1. The van der Waals surface area contributed by atoms with Crippen molar-refractivity contribution in [2.75, 3.05) is 13.7 Å². The highest BCUT2D eigenvalue weighted by molar-refractivity contribution is 5.51. The third kappa shape index (κ3) is 1.72. The zero-order chi connectivity index (χ0) is 10.8. The van der Waals surface area contributed by atoms with Gasteiger partial charge in [0.1, 0.15) is 5.82 Å². The van der Waals surface area contributed by atoms with Gasteiger partial charge in [0.15, 0.2) is 5.69 Å². The molecule has 1 atom stereocenters. The summed E-state index contributed by atoms with van der Waals surface area (Å²) in [6, 6.07) is 2.85. The molecular formula is C11H11FN2O. The van der Waals surface area contributed by atoms with Crippen LogP contribution < -0.4 is 5.32 Å². The van der Waals surface area contributed by atoms with Crippen molar-refractivity contribution in [1.82, 2.24) is 5.32 Å². The highest BCUT2D eigenvalue weighted by atomic mass is 19.1. The van der Waals surface area contributed by atoms with Gasteiger partial charge < -0.3 is 10.1 Å². The zero-order valence-electron chi connectivity index (χ0n) is 8.38. The quantitative estimate of drug-likeness (QED) is 0.712. The van der Waals surface area contributed by atoms with Crippen molar-refractivity contribution in [2.24, 2.45) is 0 Å². The molecule has 2 rings (SSSR count). The Morgan fingerprint density at radius 3 is 3.07 bits per heavy atom. The van der Waals surface area contributed by atoms with E-state index in [-0.39, 0.29) is 11.9 Å². The van der Waals surface area contributed by atoms with Crippen LogP contribution in [0, 0.1) is 12.4 Å². The van der Waals surface area contributed by atoms with Crippen molar-refractivity contribution in [2.45, 2.75) is 12.6 Å². The third-order valence-electron chi connectivity index (χ3n) is 2.57. The molecule has 0 bridgehead atoms. The van der Waals surface area contributed by atoms with Gasteiger partial charge >= 0.3 is 0 Å². The van der Waals surface area contributed by atoms with E-state index in [0.29, 0.717) is 24.5 Å². The number of nitrogens with one attached hydrogen (secondary N) is 1. The molecule has 1 N–H and O–H groups in total. The lowest BCUT2D eigenvalue weighted by molar-refractivity contribution is 0.0826. The van der Waals surface area contributed by atoms with Crippen LogP contribution in [0.25, 0.3) is 4.85 Å². The fourth-order valence-electron chi connectivity index (χ4n) is 1.83. The SMILES string of the molecule is [C-]#[N+]c1cc(F)c2c(c1)COC[C@H]2NC. The molecule has 15 heavy (non-hydrogen) atoms. The Balaban J connectivity index is 2.53. The third-order valence-corrected chi connectivity index (χ3v) is 2.57. The number of hydrogen-bond acceptors (Lipinski definition) is 2. The first-order valence-electron chi connectivity index (χ1n) is 4.71. The van der Waals surface area contributed by atoms with Crippen LogP contribution in [0.5, 0.6) is 0 Å². The number of ether oxygens (including phenoxy) is 1. The summed E-state index contributed by atoms with van der Waals surface area (Å²) in [5, 5.41) is 3.00. The second-order valence-corrected chi connectivity index (χ2v) is 3.47. The van der Waals surface area contributed by atoms with Gasteiger partial charge in [0.05, 0.1) is 25.8 Å². The van der Waals surface area contributed by atoms with Gasteiger partial charge in [-0.05, 0) is 18.7 Å². The van der Waals surface area contributed by atoms with Gasteiger partial charge in [0.25, 0.3) is 0 Å². The van der Waals surface area contributed by atoms with Gasteiger partial charge in [-0.2, -0.15) is 0 Å². The minimum Gasteiger partial charge on any atom is -0.375 e. The predicted octanol–water partition coefficient (Wildman–Crippen LogP) is 2.17. The summed E-state index contributed by atoms with van der Waals surface area (Å²) in [4.78, 5) is 3.22. The molecule has 4 heteroatoms. The molecule has 1 aliphatic rings. The van der Waals surface area contributed by atoms with Crippen LogP contribution in [0.3, 0.4) is 0 Å². The van der Waals surface area contributed by atoms with Gasteiger partial charge in [-0.15, -0.1) is 0 Å². The van der Waals surface area contributed by atoms with Gasteiger partial charge in [-0.25, -0.2) is 9.24 Å². The molecule has 78 valence electrons. The number of fused-ring (bicyclic) bond motifs is 1. The van der Waals surface area contributed by atoms with Gasteiger partial charge in [-0.1, -0.05) is 6.07 Å². The van der Waals surface area contributed by atoms with Crippen molar-refractivity contribution in [1.29, 1.82) is 0 Å². The van der Waals surface area contributed by atoms with E-state index in [1.54, 1.807) is 13.1 Å². The summed E-state index contributed by atoms with van der Waals surface area (Å²) in [6.07, 6.45) is 0. The Hall–Kier alpha value is -1.44. The Morgan fingerprint density at radius 1 is 1.60 bits per heavy atom. The van der Waals surface area contributed by atoms with Crippen LogP contribution in [0.4, 0.5) is 10.1 Å². The fourth-order valence-corrected chi connectivity index (χ4v) is 1.83. The van der Waals surface area contributed by atoms with Crippen LogP contribution >= 0.6 is 0 Å². The average molecular weight is 206 g/mol. The van der Waals surface area contributed by atoms with Crippen LogP contribution in [0.15, 0.2) is 12.1 Å². The van der Waals surface area contributed by atoms with E-state index < -0.39 is 0 Å². The lowest BCUT2D eigenvalue weighted by Gasteiger charge is -2.26. The van der Waals surface area contributed by atoms with Crippen molar-refractivity contribution < 1.29 is 9.13 Å². The first-order valence-corrected chi connectivity index (χ1v) is 4.71. The number of benzene rings is 1. The maximum Gasteiger partial charge on any atom is 0.190 e. The Bertz CT molecular complexity index is 425. The molecule has 0 aliphatic carbocycles. The van der Waals surface area contributed by atoms with Crippen molar-refractivity contribution >= 4 is 5.69 Å². The van der Waals surface area contributed by atoms with E-state index in [1.807, 2.05) is 0 Å². The van der Waals surface area contributed by atoms with Gasteiger partial charge in [0, 0.05) is 5.56 Å². The van der Waals surface area contributed by atoms with E-state index in [2.05, 4.69) is 10.2 Å². The molecule has 0 saturated heterocycles. The molecule has 0 fully saturated rings. The van der Waals surface area contributed by atoms with E-state index in [4.69, 9.17) is 11.3 Å². The van der Waals surface area contributed by atoms with E-state index in [1.165, 1.54) is 6.07 Å². The maximum absolute atomic E-state index is 13.7. The molecule has 0 saturated carbocycles. The summed E-state index contributed by atoms with van der Waals surface area (Å²) in [5.74, 6) is -0.318. The number of rotatable bonds is 1. The monoisotopic (exact) mass is 206 g/mol. The minimum absolute atomic E-state index is 0.117. The molecular weight excluding hydrogens is 195 g/mol. The van der Waals surface area contributed by atoms with Gasteiger partial charge in [0.2, 0.25) is 0 Å². The molecule has 0 unspecified atom stereocenters. The normalized spacial score (nSPS) is 19.4. The Kier molecular flexibility index (Phi) is 2.67. The molecule has 0 amide bonds. The smallest absolute Gasteiger partial charge is 0.190 e. The Labute approximate surface area is 87.7 Å².